The Kier molecular flexibility index (Phi) is 3.34. The molecule has 66 valence electrons. The van der Waals surface area contributed by atoms with Gasteiger partial charge < -0.3 is 0 Å². The van der Waals surface area contributed by atoms with Crippen LogP contribution >= 0.6 is 0 Å². The quantitative estimate of drug-likeness (QED) is 0.480. The summed E-state index contributed by atoms with van der Waals surface area (Å²) in [6.07, 6.45) is 5.55. The van der Waals surface area contributed by atoms with Gasteiger partial charge in [-0.1, -0.05) is 26.2 Å². The molecule has 0 aliphatic heterocycles. The van der Waals surface area contributed by atoms with Crippen molar-refractivity contribution in [1.82, 2.24) is 5.43 Å². The van der Waals surface area contributed by atoms with Crippen LogP contribution in [0.25, 0.3) is 0 Å². The number of nitrogens with two attached hydrogens (primary N) is 1. The standard InChI is InChI=1S/C9H20N2/c1-7(6-8(2)11-10)9-4-3-5-9/h7-9,11H,3-6,10H2,1-2H3. The highest BCUT2D eigenvalue weighted by Gasteiger charge is 2.24. The molecule has 1 aliphatic carbocycles. The maximum Gasteiger partial charge on any atom is 0.0184 e. The van der Waals surface area contributed by atoms with Crippen LogP contribution in [0, 0.1) is 11.8 Å². The molecule has 2 atom stereocenters. The minimum absolute atomic E-state index is 0.477. The molecule has 0 aromatic carbocycles. The Bertz CT molecular complexity index is 110. The second-order valence-corrected chi connectivity index (χ2v) is 3.97. The topological polar surface area (TPSA) is 38.0 Å². The number of rotatable bonds is 4. The molecule has 11 heavy (non-hydrogen) atoms. The summed E-state index contributed by atoms with van der Waals surface area (Å²) in [5.74, 6) is 7.18. The smallest absolute Gasteiger partial charge is 0.0184 e. The van der Waals surface area contributed by atoms with Crippen molar-refractivity contribution in [3.05, 3.63) is 0 Å². The van der Waals surface area contributed by atoms with E-state index in [1.165, 1.54) is 25.7 Å². The van der Waals surface area contributed by atoms with Crippen molar-refractivity contribution >= 4 is 0 Å². The summed E-state index contributed by atoms with van der Waals surface area (Å²) in [6.45, 7) is 4.49. The molecule has 0 amide bonds. The number of hydrogen-bond donors (Lipinski definition) is 2. The number of hydrazine groups is 1. The van der Waals surface area contributed by atoms with Gasteiger partial charge in [-0.3, -0.25) is 11.3 Å². The lowest BCUT2D eigenvalue weighted by atomic mass is 9.74. The van der Waals surface area contributed by atoms with E-state index in [4.69, 9.17) is 5.84 Å². The predicted octanol–water partition coefficient (Wildman–Crippen LogP) is 1.66. The van der Waals surface area contributed by atoms with Crippen LogP contribution in [0.3, 0.4) is 0 Å². The molecule has 1 aliphatic rings. The van der Waals surface area contributed by atoms with Crippen LogP contribution in [0.4, 0.5) is 0 Å². The highest BCUT2D eigenvalue weighted by atomic mass is 15.2. The molecule has 0 heterocycles. The monoisotopic (exact) mass is 156 g/mol. The van der Waals surface area contributed by atoms with Gasteiger partial charge in [-0.15, -0.1) is 0 Å². The highest BCUT2D eigenvalue weighted by molar-refractivity contribution is 4.77. The Morgan fingerprint density at radius 1 is 1.45 bits per heavy atom. The normalized spacial score (nSPS) is 24.3. The van der Waals surface area contributed by atoms with Gasteiger partial charge >= 0.3 is 0 Å². The SMILES string of the molecule is CC(CC(C)C1CCC1)NN. The minimum atomic E-state index is 0.477. The van der Waals surface area contributed by atoms with E-state index in [1.807, 2.05) is 0 Å². The third-order valence-electron chi connectivity index (χ3n) is 2.96. The van der Waals surface area contributed by atoms with Crippen LogP contribution in [0.1, 0.15) is 39.5 Å². The molecule has 2 nitrogen and oxygen atoms in total. The van der Waals surface area contributed by atoms with E-state index in [0.29, 0.717) is 6.04 Å². The molecule has 0 spiro atoms. The fraction of sp³-hybridized carbons (Fsp3) is 1.00. The van der Waals surface area contributed by atoms with Crippen LogP contribution in [0.5, 0.6) is 0 Å². The van der Waals surface area contributed by atoms with Crippen molar-refractivity contribution in [2.45, 2.75) is 45.6 Å². The molecule has 2 heteroatoms. The van der Waals surface area contributed by atoms with Gasteiger partial charge in [0.2, 0.25) is 0 Å². The first-order valence-corrected chi connectivity index (χ1v) is 4.70. The van der Waals surface area contributed by atoms with Crippen LogP contribution < -0.4 is 11.3 Å². The first-order chi connectivity index (χ1) is 5.24. The summed E-state index contributed by atoms with van der Waals surface area (Å²) in [5, 5.41) is 0. The molecule has 1 saturated carbocycles. The molecular formula is C9H20N2. The van der Waals surface area contributed by atoms with Gasteiger partial charge in [0, 0.05) is 6.04 Å². The summed E-state index contributed by atoms with van der Waals surface area (Å²) in [6, 6.07) is 0.477. The van der Waals surface area contributed by atoms with Gasteiger partial charge in [0.15, 0.2) is 0 Å². The van der Waals surface area contributed by atoms with Crippen molar-refractivity contribution in [2.24, 2.45) is 17.7 Å². The Hall–Kier alpha value is -0.0800. The average Bonchev–Trinajstić information content (AvgIpc) is 1.83. The maximum absolute atomic E-state index is 5.33. The van der Waals surface area contributed by atoms with E-state index >= 15 is 0 Å². The lowest BCUT2D eigenvalue weighted by Gasteiger charge is -2.32. The zero-order chi connectivity index (χ0) is 8.27. The Balaban J connectivity index is 2.13. The second kappa shape index (κ2) is 4.07. The van der Waals surface area contributed by atoms with Crippen molar-refractivity contribution in [2.75, 3.05) is 0 Å². The van der Waals surface area contributed by atoms with Crippen molar-refractivity contribution < 1.29 is 0 Å². The largest absolute Gasteiger partial charge is 0.271 e. The van der Waals surface area contributed by atoms with Crippen LogP contribution in [0.15, 0.2) is 0 Å². The van der Waals surface area contributed by atoms with Crippen LogP contribution in [-0.2, 0) is 0 Å². The third-order valence-corrected chi connectivity index (χ3v) is 2.96. The molecule has 0 saturated heterocycles. The fourth-order valence-electron chi connectivity index (χ4n) is 1.83. The van der Waals surface area contributed by atoms with Crippen molar-refractivity contribution in [3.63, 3.8) is 0 Å². The van der Waals surface area contributed by atoms with Crippen LogP contribution in [0.2, 0.25) is 0 Å². The van der Waals surface area contributed by atoms with Gasteiger partial charge in [0.25, 0.3) is 0 Å². The van der Waals surface area contributed by atoms with Gasteiger partial charge in [0.1, 0.15) is 0 Å². The van der Waals surface area contributed by atoms with E-state index in [1.54, 1.807) is 0 Å². The fourth-order valence-corrected chi connectivity index (χ4v) is 1.83. The Labute approximate surface area is 69.5 Å². The van der Waals surface area contributed by atoms with E-state index in [0.717, 1.165) is 11.8 Å². The molecule has 0 aromatic rings. The summed E-state index contributed by atoms with van der Waals surface area (Å²) < 4.78 is 0. The van der Waals surface area contributed by atoms with Gasteiger partial charge in [-0.2, -0.15) is 0 Å². The molecule has 0 radical (unpaired) electrons. The number of nitrogens with one attached hydrogen (secondary N) is 1. The summed E-state index contributed by atoms with van der Waals surface area (Å²) in [7, 11) is 0. The first kappa shape index (κ1) is 9.01. The van der Waals surface area contributed by atoms with E-state index in [2.05, 4.69) is 19.3 Å². The second-order valence-electron chi connectivity index (χ2n) is 3.97. The highest BCUT2D eigenvalue weighted by Crippen LogP contribution is 2.35. The molecule has 1 rings (SSSR count). The van der Waals surface area contributed by atoms with Crippen molar-refractivity contribution in [1.29, 1.82) is 0 Å². The Morgan fingerprint density at radius 3 is 2.45 bits per heavy atom. The maximum atomic E-state index is 5.33. The summed E-state index contributed by atoms with van der Waals surface area (Å²) in [5.41, 5.74) is 2.80. The number of hydrogen-bond acceptors (Lipinski definition) is 2. The lowest BCUT2D eigenvalue weighted by Crippen LogP contribution is -2.35. The Morgan fingerprint density at radius 2 is 2.09 bits per heavy atom. The zero-order valence-electron chi connectivity index (χ0n) is 7.64. The molecular weight excluding hydrogens is 136 g/mol. The van der Waals surface area contributed by atoms with E-state index in [9.17, 15) is 0 Å². The lowest BCUT2D eigenvalue weighted by molar-refractivity contribution is 0.198. The van der Waals surface area contributed by atoms with Crippen molar-refractivity contribution in [3.8, 4) is 0 Å². The van der Waals surface area contributed by atoms with Gasteiger partial charge in [-0.25, -0.2) is 0 Å². The van der Waals surface area contributed by atoms with E-state index < -0.39 is 0 Å². The predicted molar refractivity (Wildman–Crippen MR) is 47.9 cm³/mol. The molecule has 0 aromatic heterocycles. The van der Waals surface area contributed by atoms with Gasteiger partial charge in [-0.05, 0) is 25.2 Å². The zero-order valence-corrected chi connectivity index (χ0v) is 7.64. The average molecular weight is 156 g/mol. The molecule has 2 unspecified atom stereocenters. The minimum Gasteiger partial charge on any atom is -0.271 e. The first-order valence-electron chi connectivity index (χ1n) is 4.70. The van der Waals surface area contributed by atoms with Crippen LogP contribution in [-0.4, -0.2) is 6.04 Å². The summed E-state index contributed by atoms with van der Waals surface area (Å²) in [4.78, 5) is 0. The molecule has 3 N–H and O–H groups in total. The summed E-state index contributed by atoms with van der Waals surface area (Å²) >= 11 is 0. The third kappa shape index (κ3) is 2.46. The molecule has 1 fully saturated rings. The van der Waals surface area contributed by atoms with Gasteiger partial charge in [0.05, 0.1) is 0 Å². The molecule has 0 bridgehead atoms. The van der Waals surface area contributed by atoms with E-state index in [-0.39, 0.29) is 0 Å².